The van der Waals surface area contributed by atoms with Crippen LogP contribution in [0.1, 0.15) is 17.8 Å². The van der Waals surface area contributed by atoms with E-state index in [1.54, 1.807) is 24.3 Å². The summed E-state index contributed by atoms with van der Waals surface area (Å²) in [7, 11) is 3.03. The Morgan fingerprint density at radius 3 is 2.79 bits per heavy atom. The van der Waals surface area contributed by atoms with Crippen LogP contribution < -0.4 is 14.4 Å². The highest BCUT2D eigenvalue weighted by atomic mass is 16.5. The van der Waals surface area contributed by atoms with Crippen LogP contribution in [0.5, 0.6) is 11.9 Å². The third kappa shape index (κ3) is 3.89. The van der Waals surface area contributed by atoms with Crippen molar-refractivity contribution in [2.75, 3.05) is 25.7 Å². The number of fused-ring (bicyclic) bond motifs is 1. The molecule has 4 aromatic rings. The average molecular weight is 445 g/mol. The van der Waals surface area contributed by atoms with Crippen molar-refractivity contribution >= 4 is 5.95 Å². The molecule has 0 radical (unpaired) electrons. The van der Waals surface area contributed by atoms with Crippen LogP contribution in [0.25, 0.3) is 17.2 Å². The lowest BCUT2D eigenvalue weighted by atomic mass is 10.2. The molecule has 0 unspecified atom stereocenters. The first-order valence-electron chi connectivity index (χ1n) is 10.1. The topological polar surface area (TPSA) is 146 Å². The summed E-state index contributed by atoms with van der Waals surface area (Å²) < 4.78 is 12.4. The number of ether oxygens (including phenoxy) is 2. The summed E-state index contributed by atoms with van der Waals surface area (Å²) >= 11 is 0. The Morgan fingerprint density at radius 1 is 1.06 bits per heavy atom. The smallest absolute Gasteiger partial charge is 0.320 e. The molecule has 1 aromatic carbocycles. The van der Waals surface area contributed by atoms with Gasteiger partial charge in [0, 0.05) is 19.2 Å². The zero-order valence-corrected chi connectivity index (χ0v) is 18.0. The number of nitriles is 1. The van der Waals surface area contributed by atoms with E-state index in [0.29, 0.717) is 47.0 Å². The molecule has 1 aliphatic rings. The van der Waals surface area contributed by atoms with Gasteiger partial charge in [-0.25, -0.2) is 0 Å². The first kappa shape index (κ1) is 20.3. The third-order valence-electron chi connectivity index (χ3n) is 5.12. The van der Waals surface area contributed by atoms with Crippen molar-refractivity contribution in [3.63, 3.8) is 0 Å². The molecule has 0 aliphatic carbocycles. The molecule has 3 aromatic heterocycles. The quantitative estimate of drug-likeness (QED) is 0.419. The van der Waals surface area contributed by atoms with E-state index in [2.05, 4.69) is 41.6 Å². The van der Waals surface area contributed by atoms with Gasteiger partial charge in [0.1, 0.15) is 5.69 Å². The van der Waals surface area contributed by atoms with Crippen LogP contribution in [-0.2, 0) is 13.1 Å². The lowest BCUT2D eigenvalue weighted by molar-refractivity contribution is 0.352. The van der Waals surface area contributed by atoms with Crippen LogP contribution in [0.3, 0.4) is 0 Å². The molecule has 0 bridgehead atoms. The van der Waals surface area contributed by atoms with Crippen molar-refractivity contribution in [1.82, 2.24) is 44.9 Å². The second-order valence-corrected chi connectivity index (χ2v) is 7.19. The molecule has 166 valence electrons. The fraction of sp³-hybridized carbons (Fsp3) is 0.300. The first-order valence-corrected chi connectivity index (χ1v) is 10.1. The predicted octanol–water partition coefficient (Wildman–Crippen LogP) is 1.01. The largest absolute Gasteiger partial charge is 0.481 e. The first-order chi connectivity index (χ1) is 16.2. The van der Waals surface area contributed by atoms with Gasteiger partial charge < -0.3 is 14.4 Å². The molecule has 0 amide bonds. The minimum Gasteiger partial charge on any atom is -0.481 e. The van der Waals surface area contributed by atoms with Crippen molar-refractivity contribution in [1.29, 1.82) is 5.26 Å². The Bertz CT molecular complexity index is 1320. The van der Waals surface area contributed by atoms with E-state index in [0.717, 1.165) is 19.5 Å². The van der Waals surface area contributed by atoms with E-state index in [1.807, 2.05) is 15.5 Å². The second kappa shape index (κ2) is 8.50. The van der Waals surface area contributed by atoms with Crippen LogP contribution in [-0.4, -0.2) is 65.7 Å². The van der Waals surface area contributed by atoms with Gasteiger partial charge in [0.05, 0.1) is 38.1 Å². The van der Waals surface area contributed by atoms with E-state index in [4.69, 9.17) is 14.7 Å². The summed E-state index contributed by atoms with van der Waals surface area (Å²) in [5.74, 6) is 2.19. The molecule has 0 spiro atoms. The highest BCUT2D eigenvalue weighted by Crippen LogP contribution is 2.28. The SMILES string of the molecule is COc1cc(-c2nnc3n2CCCN3Cc2nnn(-c3cccc(C#N)c3)n2)nc(OC)n1. The molecule has 33 heavy (non-hydrogen) atoms. The number of anilines is 1. The second-order valence-electron chi connectivity index (χ2n) is 7.19. The number of rotatable bonds is 6. The Labute approximate surface area is 188 Å². The van der Waals surface area contributed by atoms with Crippen molar-refractivity contribution < 1.29 is 9.47 Å². The Morgan fingerprint density at radius 2 is 1.97 bits per heavy atom. The van der Waals surface area contributed by atoms with E-state index in [-0.39, 0.29) is 6.01 Å². The van der Waals surface area contributed by atoms with Gasteiger partial charge in [-0.05, 0) is 29.8 Å². The summed E-state index contributed by atoms with van der Waals surface area (Å²) in [5, 5.41) is 30.6. The van der Waals surface area contributed by atoms with Crippen LogP contribution >= 0.6 is 0 Å². The zero-order valence-electron chi connectivity index (χ0n) is 18.0. The van der Waals surface area contributed by atoms with E-state index >= 15 is 0 Å². The number of hydrogen-bond acceptors (Lipinski definition) is 11. The lowest BCUT2D eigenvalue weighted by Crippen LogP contribution is -2.32. The number of hydrogen-bond donors (Lipinski definition) is 0. The van der Waals surface area contributed by atoms with Gasteiger partial charge in [-0.2, -0.15) is 15.2 Å². The molecule has 4 heterocycles. The monoisotopic (exact) mass is 445 g/mol. The number of aromatic nitrogens is 9. The number of tetrazole rings is 1. The zero-order chi connectivity index (χ0) is 22.8. The third-order valence-corrected chi connectivity index (χ3v) is 5.12. The normalized spacial score (nSPS) is 12.8. The van der Waals surface area contributed by atoms with E-state index < -0.39 is 0 Å². The van der Waals surface area contributed by atoms with Gasteiger partial charge in [-0.1, -0.05) is 6.07 Å². The maximum absolute atomic E-state index is 9.11. The van der Waals surface area contributed by atoms with Gasteiger partial charge in [-0.3, -0.25) is 4.57 Å². The minimum absolute atomic E-state index is 0.190. The summed E-state index contributed by atoms with van der Waals surface area (Å²) in [4.78, 5) is 12.0. The molecule has 0 atom stereocenters. The molecule has 0 fully saturated rings. The highest BCUT2D eigenvalue weighted by Gasteiger charge is 2.26. The lowest BCUT2D eigenvalue weighted by Gasteiger charge is -2.27. The summed E-state index contributed by atoms with van der Waals surface area (Å²) in [6, 6.07) is 11.0. The molecule has 0 N–H and O–H groups in total. The Kier molecular flexibility index (Phi) is 5.23. The number of nitrogens with zero attached hydrogens (tertiary/aromatic N) is 11. The molecule has 13 nitrogen and oxygen atoms in total. The van der Waals surface area contributed by atoms with Gasteiger partial charge >= 0.3 is 6.01 Å². The maximum atomic E-state index is 9.11. The Hall–Kier alpha value is -4.60. The Balaban J connectivity index is 1.41. The van der Waals surface area contributed by atoms with Gasteiger partial charge in [0.2, 0.25) is 11.8 Å². The van der Waals surface area contributed by atoms with Crippen LogP contribution in [0.4, 0.5) is 5.95 Å². The minimum atomic E-state index is 0.190. The predicted molar refractivity (Wildman–Crippen MR) is 114 cm³/mol. The van der Waals surface area contributed by atoms with Gasteiger partial charge in [0.25, 0.3) is 0 Å². The van der Waals surface area contributed by atoms with Crippen molar-refractivity contribution in [3.05, 3.63) is 41.7 Å². The standard InChI is InChI=1S/C20H19N11O2/c1-32-17-10-15(22-19(23-17)33-2)18-25-26-20-29(7-4-8-30(18)20)12-16-24-28-31(27-16)14-6-3-5-13(9-14)11-21/h3,5-6,9-10H,4,7-8,12H2,1-2H3. The van der Waals surface area contributed by atoms with E-state index in [1.165, 1.54) is 19.0 Å². The van der Waals surface area contributed by atoms with Gasteiger partial charge in [-0.15, -0.1) is 25.2 Å². The van der Waals surface area contributed by atoms with Crippen molar-refractivity contribution in [3.8, 4) is 35.2 Å². The van der Waals surface area contributed by atoms with Gasteiger partial charge in [0.15, 0.2) is 11.6 Å². The van der Waals surface area contributed by atoms with E-state index in [9.17, 15) is 0 Å². The fourth-order valence-electron chi connectivity index (χ4n) is 3.59. The molecular weight excluding hydrogens is 426 g/mol. The average Bonchev–Trinajstić information content (AvgIpc) is 3.51. The van der Waals surface area contributed by atoms with Crippen molar-refractivity contribution in [2.24, 2.45) is 0 Å². The van der Waals surface area contributed by atoms with Crippen molar-refractivity contribution in [2.45, 2.75) is 19.5 Å². The highest BCUT2D eigenvalue weighted by molar-refractivity contribution is 5.55. The molecule has 1 aliphatic heterocycles. The maximum Gasteiger partial charge on any atom is 0.320 e. The molecule has 0 saturated heterocycles. The fourth-order valence-corrected chi connectivity index (χ4v) is 3.59. The van der Waals surface area contributed by atoms with Crippen LogP contribution in [0.2, 0.25) is 0 Å². The summed E-state index contributed by atoms with van der Waals surface area (Å²) in [6.07, 6.45) is 0.885. The molecular formula is C20H19N11O2. The molecule has 13 heteroatoms. The number of methoxy groups -OCH3 is 2. The molecule has 0 saturated carbocycles. The summed E-state index contributed by atoms with van der Waals surface area (Å²) in [5.41, 5.74) is 1.75. The summed E-state index contributed by atoms with van der Waals surface area (Å²) in [6.45, 7) is 1.92. The van der Waals surface area contributed by atoms with Crippen LogP contribution in [0.15, 0.2) is 30.3 Å². The number of benzene rings is 1. The van der Waals surface area contributed by atoms with Crippen LogP contribution in [0, 0.1) is 11.3 Å². The molecule has 5 rings (SSSR count).